The summed E-state index contributed by atoms with van der Waals surface area (Å²) in [5, 5.41) is 0. The summed E-state index contributed by atoms with van der Waals surface area (Å²) in [5.74, 6) is 0. The Labute approximate surface area is 332 Å². The molecule has 53 heteroatoms. The van der Waals surface area contributed by atoms with E-state index in [1.54, 1.807) is 0 Å². The predicted octanol–water partition coefficient (Wildman–Crippen LogP) is -41.2. The van der Waals surface area contributed by atoms with Gasteiger partial charge in [-0.3, -0.25) is 0 Å². The topological polar surface area (TPSA) is 1580 Å². The van der Waals surface area contributed by atoms with E-state index in [0.29, 0.717) is 0 Å². The Morgan fingerprint density at radius 3 is 0.0377 bits per heavy atom. The standard InChI is InChI=1S/50H2O.3Zn/h50*1H2;;;. The summed E-state index contributed by atoms with van der Waals surface area (Å²) in [6.07, 6.45) is 0. The molecule has 0 aliphatic rings. The van der Waals surface area contributed by atoms with Crippen molar-refractivity contribution in [1.82, 2.24) is 0 Å². The molecular weight excluding hydrogens is 996 g/mol. The second-order valence-electron chi connectivity index (χ2n) is 0. The van der Waals surface area contributed by atoms with E-state index in [2.05, 4.69) is 0 Å². The third-order valence-corrected chi connectivity index (χ3v) is 0. The van der Waals surface area contributed by atoms with Gasteiger partial charge in [0.05, 0.1) is 0 Å². The fourth-order valence-corrected chi connectivity index (χ4v) is 0. The van der Waals surface area contributed by atoms with Crippen LogP contribution in [0.25, 0.3) is 0 Å². The third-order valence-electron chi connectivity index (χ3n) is 0. The van der Waals surface area contributed by atoms with Gasteiger partial charge in [-0.2, -0.15) is 0 Å². The zero-order valence-electron chi connectivity index (χ0n) is 27.1. The van der Waals surface area contributed by atoms with Crippen LogP contribution in [0.15, 0.2) is 0 Å². The van der Waals surface area contributed by atoms with Crippen molar-refractivity contribution in [3.8, 4) is 0 Å². The number of rotatable bonds is 0. The molecule has 0 unspecified atom stereocenters. The van der Waals surface area contributed by atoms with Crippen LogP contribution in [-0.4, -0.2) is 274 Å². The van der Waals surface area contributed by atoms with Crippen molar-refractivity contribution >= 4 is 0 Å². The molecule has 100 N–H and O–H groups in total. The van der Waals surface area contributed by atoms with E-state index < -0.39 is 0 Å². The van der Waals surface area contributed by atoms with Crippen LogP contribution in [0.4, 0.5) is 0 Å². The van der Waals surface area contributed by atoms with E-state index in [4.69, 9.17) is 0 Å². The van der Waals surface area contributed by atoms with E-state index in [-0.39, 0.29) is 332 Å². The minimum atomic E-state index is 0. The van der Waals surface area contributed by atoms with Crippen molar-refractivity contribution in [2.75, 3.05) is 0 Å². The molecule has 0 rings (SSSR count). The van der Waals surface area contributed by atoms with E-state index in [1.807, 2.05) is 0 Å². The average Bonchev–Trinajstić information content (AvgIpc) is 0. The van der Waals surface area contributed by atoms with Gasteiger partial charge in [0.2, 0.25) is 0 Å². The molecular formula is H100O50Zn3. The van der Waals surface area contributed by atoms with Crippen molar-refractivity contribution in [3.63, 3.8) is 0 Å². The van der Waals surface area contributed by atoms with Crippen LogP contribution in [0.5, 0.6) is 0 Å². The Bertz CT molecular complexity index is 16.6. The van der Waals surface area contributed by atoms with Crippen LogP contribution in [0.1, 0.15) is 0 Å². The van der Waals surface area contributed by atoms with Crippen LogP contribution in [0.3, 0.4) is 0 Å². The van der Waals surface area contributed by atoms with Crippen LogP contribution in [0.2, 0.25) is 0 Å². The smallest absolute Gasteiger partial charge is 0 e. The molecule has 0 bridgehead atoms. The van der Waals surface area contributed by atoms with Gasteiger partial charge in [0.25, 0.3) is 0 Å². The first-order valence-electron chi connectivity index (χ1n) is 0. The summed E-state index contributed by atoms with van der Waals surface area (Å²) in [6, 6.07) is 0. The summed E-state index contributed by atoms with van der Waals surface area (Å²) in [6.45, 7) is 0. The van der Waals surface area contributed by atoms with Crippen LogP contribution in [-0.2, 0) is 58.4 Å². The minimum Gasteiger partial charge on any atom is -0.412 e. The largest absolute Gasteiger partial charge is 0.412 e. The van der Waals surface area contributed by atoms with Gasteiger partial charge in [0.15, 0.2) is 0 Å². The number of hydrogen-bond donors (Lipinski definition) is 0. The predicted molar refractivity (Wildman–Crippen MR) is 181 cm³/mol. The van der Waals surface area contributed by atoms with Crippen molar-refractivity contribution in [1.29, 1.82) is 0 Å². The van der Waals surface area contributed by atoms with Crippen LogP contribution in [0, 0.1) is 0 Å². The second-order valence-corrected chi connectivity index (χ2v) is 0. The van der Waals surface area contributed by atoms with Crippen LogP contribution < -0.4 is 0 Å². The zero-order chi connectivity index (χ0) is 0. The first kappa shape index (κ1) is 8430000. The van der Waals surface area contributed by atoms with Crippen molar-refractivity contribution < 1.29 is 332 Å². The summed E-state index contributed by atoms with van der Waals surface area (Å²) in [5.41, 5.74) is 0. The molecule has 0 amide bonds. The maximum absolute atomic E-state index is 0. The van der Waals surface area contributed by atoms with Crippen molar-refractivity contribution in [3.05, 3.63) is 0 Å². The summed E-state index contributed by atoms with van der Waals surface area (Å²) in [4.78, 5) is 0. The number of hydrogen-bond acceptors (Lipinski definition) is 0. The normalized spacial score (nSPS) is 0. The monoisotopic (exact) mass is 1090 g/mol. The minimum absolute atomic E-state index is 0. The molecule has 0 atom stereocenters. The van der Waals surface area contributed by atoms with Gasteiger partial charge < -0.3 is 274 Å². The Hall–Kier alpha value is -0.130. The summed E-state index contributed by atoms with van der Waals surface area (Å²) in [7, 11) is 0. The first-order chi connectivity index (χ1) is 0. The molecule has 0 fully saturated rings. The molecule has 406 valence electrons. The van der Waals surface area contributed by atoms with E-state index >= 15 is 0 Å². The fourth-order valence-electron chi connectivity index (χ4n) is 0. The molecule has 0 saturated carbocycles. The molecule has 0 aliphatic heterocycles. The van der Waals surface area contributed by atoms with E-state index in [0.717, 1.165) is 0 Å². The summed E-state index contributed by atoms with van der Waals surface area (Å²) >= 11 is 0. The maximum atomic E-state index is 0. The van der Waals surface area contributed by atoms with Gasteiger partial charge in [-0.05, 0) is 0 Å². The Balaban J connectivity index is 0. The fraction of sp³-hybridized carbons (Fsp3) is 0. The molecule has 0 saturated heterocycles. The van der Waals surface area contributed by atoms with Gasteiger partial charge in [-0.25, -0.2) is 0 Å². The van der Waals surface area contributed by atoms with Gasteiger partial charge in [0.1, 0.15) is 0 Å². The molecule has 0 heterocycles. The maximum Gasteiger partial charge on any atom is 0 e. The average molecular weight is 1100 g/mol. The molecule has 0 aromatic heterocycles. The molecule has 53 heavy (non-hydrogen) atoms. The SMILES string of the molecule is O.O.O.O.O.O.O.O.O.O.O.O.O.O.O.O.O.O.O.O.O.O.O.O.O.O.O.O.O.O.O.O.O.O.O.O.O.O.O.O.O.O.O.O.O.O.O.O.O.O.[Zn].[Zn].[Zn]. The Morgan fingerprint density at radius 1 is 0.0377 bits per heavy atom. The zero-order valence-corrected chi connectivity index (χ0v) is 36.0. The van der Waals surface area contributed by atoms with Crippen molar-refractivity contribution in [2.24, 2.45) is 0 Å². The Kier molecular flexibility index (Phi) is 1270000000000. The second kappa shape index (κ2) is 7960000. The van der Waals surface area contributed by atoms with Gasteiger partial charge in [0, 0.05) is 58.4 Å². The third kappa shape index (κ3) is 7650000. The van der Waals surface area contributed by atoms with E-state index in [1.165, 1.54) is 0 Å². The quantitative estimate of drug-likeness (QED) is 0.204. The first-order valence-corrected chi connectivity index (χ1v) is 0. The summed E-state index contributed by atoms with van der Waals surface area (Å²) < 4.78 is 0. The molecule has 0 radical (unpaired) electrons. The van der Waals surface area contributed by atoms with E-state index in [9.17, 15) is 0 Å². The Morgan fingerprint density at radius 2 is 0.0377 bits per heavy atom. The molecule has 50 nitrogen and oxygen atoms in total. The van der Waals surface area contributed by atoms with Crippen LogP contribution >= 0.6 is 0 Å². The molecule has 0 aliphatic carbocycles. The van der Waals surface area contributed by atoms with Crippen molar-refractivity contribution in [2.45, 2.75) is 0 Å². The van der Waals surface area contributed by atoms with Gasteiger partial charge >= 0.3 is 0 Å². The van der Waals surface area contributed by atoms with Gasteiger partial charge in [-0.15, -0.1) is 0 Å². The molecule has 0 aromatic rings. The molecule has 0 spiro atoms. The molecule has 0 aromatic carbocycles. The van der Waals surface area contributed by atoms with Gasteiger partial charge in [-0.1, -0.05) is 0 Å².